The predicted octanol–water partition coefficient (Wildman–Crippen LogP) is 5.02. The molecule has 0 fully saturated rings. The number of imidazole rings is 1. The van der Waals surface area contributed by atoms with Crippen LogP contribution in [-0.2, 0) is 0 Å². The largest absolute Gasteiger partial charge is 0.454 e. The molecular weight excluding hydrogens is 380 g/mol. The summed E-state index contributed by atoms with van der Waals surface area (Å²) in [5, 5.41) is 2.10. The van der Waals surface area contributed by atoms with Crippen molar-refractivity contribution in [2.75, 3.05) is 0 Å². The van der Waals surface area contributed by atoms with Crippen molar-refractivity contribution in [1.29, 1.82) is 0 Å². The summed E-state index contributed by atoms with van der Waals surface area (Å²) in [4.78, 5) is 4.53. The Kier molecular flexibility index (Phi) is 2.40. The fraction of sp³-hybridized carbons (Fsp3) is 0.0833. The summed E-state index contributed by atoms with van der Waals surface area (Å²) < 4.78 is 9.25. The maximum Gasteiger partial charge on any atom is 0.173 e. The van der Waals surface area contributed by atoms with E-state index in [-0.39, 0.29) is 0 Å². The normalized spacial score (nSPS) is 17.8. The minimum absolute atomic E-state index is 0.298. The Bertz CT molecular complexity index is 765. The SMILES string of the molecule is Brc1ccc2oc(-c3cn4c(n3)SC4Br)cc2c1. The first-order valence-corrected chi connectivity index (χ1v) is 7.88. The number of rotatable bonds is 1. The molecule has 0 N–H and O–H groups in total. The van der Waals surface area contributed by atoms with Crippen LogP contribution in [0.5, 0.6) is 0 Å². The van der Waals surface area contributed by atoms with E-state index in [1.807, 2.05) is 30.5 Å². The highest BCUT2D eigenvalue weighted by molar-refractivity contribution is 9.11. The topological polar surface area (TPSA) is 31.0 Å². The number of hydrogen-bond acceptors (Lipinski definition) is 3. The van der Waals surface area contributed by atoms with Crippen molar-refractivity contribution < 1.29 is 4.42 Å². The van der Waals surface area contributed by atoms with Crippen molar-refractivity contribution in [3.63, 3.8) is 0 Å². The Labute approximate surface area is 124 Å². The van der Waals surface area contributed by atoms with E-state index in [9.17, 15) is 0 Å². The Hall–Kier alpha value is -0.720. The van der Waals surface area contributed by atoms with Crippen LogP contribution in [-0.4, -0.2) is 9.55 Å². The smallest absolute Gasteiger partial charge is 0.173 e. The quantitative estimate of drug-likeness (QED) is 0.551. The van der Waals surface area contributed by atoms with Crippen LogP contribution < -0.4 is 0 Å². The number of hydrogen-bond donors (Lipinski definition) is 0. The first-order valence-electron chi connectivity index (χ1n) is 5.30. The molecule has 3 heterocycles. The van der Waals surface area contributed by atoms with E-state index in [1.165, 1.54) is 0 Å². The fourth-order valence-corrected chi connectivity index (χ4v) is 4.01. The number of aromatic nitrogens is 2. The molecule has 0 bridgehead atoms. The maximum atomic E-state index is 5.82. The van der Waals surface area contributed by atoms with Gasteiger partial charge in [-0.1, -0.05) is 43.6 Å². The van der Waals surface area contributed by atoms with E-state index in [4.69, 9.17) is 4.42 Å². The molecule has 1 aliphatic heterocycles. The van der Waals surface area contributed by atoms with Gasteiger partial charge >= 0.3 is 0 Å². The van der Waals surface area contributed by atoms with Crippen LogP contribution >= 0.6 is 43.6 Å². The molecule has 1 unspecified atom stereocenters. The van der Waals surface area contributed by atoms with Gasteiger partial charge in [0.15, 0.2) is 10.9 Å². The lowest BCUT2D eigenvalue weighted by molar-refractivity contribution is 0.629. The molecule has 0 saturated heterocycles. The number of furan rings is 1. The molecule has 0 amide bonds. The standard InChI is InChI=1S/C12H6Br2N2OS/c13-7-1-2-9-6(3-7)4-10(17-9)8-5-16-11(14)18-12(16)15-8/h1-5,11H. The second-order valence-corrected chi connectivity index (χ2v) is 7.46. The number of fused-ring (bicyclic) bond motifs is 2. The molecule has 4 rings (SSSR count). The molecule has 1 atom stereocenters. The predicted molar refractivity (Wildman–Crippen MR) is 79.0 cm³/mol. The van der Waals surface area contributed by atoms with Gasteiger partial charge in [-0.15, -0.1) is 0 Å². The average Bonchev–Trinajstić information content (AvgIpc) is 2.88. The zero-order chi connectivity index (χ0) is 12.3. The van der Waals surface area contributed by atoms with E-state index in [1.54, 1.807) is 11.8 Å². The summed E-state index contributed by atoms with van der Waals surface area (Å²) in [7, 11) is 0. The van der Waals surface area contributed by atoms with Gasteiger partial charge in [-0.05, 0) is 24.3 Å². The van der Waals surface area contributed by atoms with Crippen molar-refractivity contribution in [2.24, 2.45) is 0 Å². The van der Waals surface area contributed by atoms with E-state index >= 15 is 0 Å². The molecule has 90 valence electrons. The summed E-state index contributed by atoms with van der Waals surface area (Å²) in [6.07, 6.45) is 2.01. The van der Waals surface area contributed by atoms with Crippen LogP contribution in [0, 0.1) is 0 Å². The molecule has 3 aromatic rings. The third kappa shape index (κ3) is 1.59. The second kappa shape index (κ2) is 3.88. The summed E-state index contributed by atoms with van der Waals surface area (Å²) in [6, 6.07) is 8.00. The minimum atomic E-state index is 0.298. The highest BCUT2D eigenvalue weighted by Crippen LogP contribution is 2.47. The van der Waals surface area contributed by atoms with Gasteiger partial charge < -0.3 is 8.98 Å². The zero-order valence-corrected chi connectivity index (χ0v) is 12.9. The number of alkyl halides is 1. The molecule has 2 aromatic heterocycles. The Morgan fingerprint density at radius 2 is 2.22 bits per heavy atom. The molecule has 6 heteroatoms. The first-order chi connectivity index (χ1) is 8.70. The van der Waals surface area contributed by atoms with E-state index in [0.29, 0.717) is 4.28 Å². The molecule has 3 nitrogen and oxygen atoms in total. The highest BCUT2D eigenvalue weighted by atomic mass is 79.9. The third-order valence-corrected chi connectivity index (χ3v) is 5.28. The molecular formula is C12H6Br2N2OS. The zero-order valence-electron chi connectivity index (χ0n) is 8.93. The van der Waals surface area contributed by atoms with E-state index in [0.717, 1.165) is 32.1 Å². The average molecular weight is 386 g/mol. The van der Waals surface area contributed by atoms with Crippen molar-refractivity contribution in [1.82, 2.24) is 9.55 Å². The van der Waals surface area contributed by atoms with Crippen LogP contribution in [0.2, 0.25) is 0 Å². The monoisotopic (exact) mass is 384 g/mol. The Morgan fingerprint density at radius 3 is 3.00 bits per heavy atom. The molecule has 0 saturated carbocycles. The highest BCUT2D eigenvalue weighted by Gasteiger charge is 2.27. The lowest BCUT2D eigenvalue weighted by atomic mass is 10.2. The minimum Gasteiger partial charge on any atom is -0.454 e. The summed E-state index contributed by atoms with van der Waals surface area (Å²) in [6.45, 7) is 0. The van der Waals surface area contributed by atoms with Gasteiger partial charge in [0, 0.05) is 16.1 Å². The molecule has 18 heavy (non-hydrogen) atoms. The summed E-state index contributed by atoms with van der Waals surface area (Å²) in [5.74, 6) is 0.810. The van der Waals surface area contributed by atoms with Gasteiger partial charge in [0.05, 0.1) is 0 Å². The number of halogens is 2. The Morgan fingerprint density at radius 1 is 1.33 bits per heavy atom. The van der Waals surface area contributed by atoms with Crippen LogP contribution in [0.15, 0.2) is 44.5 Å². The van der Waals surface area contributed by atoms with Crippen molar-refractivity contribution >= 4 is 54.6 Å². The summed E-state index contributed by atoms with van der Waals surface area (Å²) in [5.41, 5.74) is 1.76. The van der Waals surface area contributed by atoms with Gasteiger partial charge in [-0.25, -0.2) is 4.98 Å². The van der Waals surface area contributed by atoms with Crippen molar-refractivity contribution in [2.45, 2.75) is 9.44 Å². The van der Waals surface area contributed by atoms with Gasteiger partial charge in [0.25, 0.3) is 0 Å². The Balaban J connectivity index is 1.86. The van der Waals surface area contributed by atoms with Gasteiger partial charge in [0.1, 0.15) is 15.6 Å². The van der Waals surface area contributed by atoms with Gasteiger partial charge in [-0.3, -0.25) is 0 Å². The second-order valence-electron chi connectivity index (χ2n) is 4.02. The number of thioether (sulfide) groups is 1. The molecule has 1 aromatic carbocycles. The molecule has 1 aliphatic rings. The number of benzene rings is 1. The van der Waals surface area contributed by atoms with Gasteiger partial charge in [-0.2, -0.15) is 0 Å². The lowest BCUT2D eigenvalue weighted by Gasteiger charge is -2.21. The van der Waals surface area contributed by atoms with Gasteiger partial charge in [0.2, 0.25) is 0 Å². The lowest BCUT2D eigenvalue weighted by Crippen LogP contribution is -2.08. The first kappa shape index (κ1) is 11.1. The van der Waals surface area contributed by atoms with E-state index < -0.39 is 0 Å². The van der Waals surface area contributed by atoms with Crippen LogP contribution in [0.3, 0.4) is 0 Å². The van der Waals surface area contributed by atoms with E-state index in [2.05, 4.69) is 41.4 Å². The molecule has 0 radical (unpaired) electrons. The van der Waals surface area contributed by atoms with Crippen LogP contribution in [0.25, 0.3) is 22.4 Å². The third-order valence-electron chi connectivity index (χ3n) is 2.85. The summed E-state index contributed by atoms with van der Waals surface area (Å²) >= 11 is 8.70. The number of nitrogens with zero attached hydrogens (tertiary/aromatic N) is 2. The van der Waals surface area contributed by atoms with Crippen LogP contribution in [0.1, 0.15) is 4.28 Å². The molecule has 0 aliphatic carbocycles. The van der Waals surface area contributed by atoms with Crippen molar-refractivity contribution in [3.8, 4) is 11.5 Å². The maximum absolute atomic E-state index is 5.82. The fourth-order valence-electron chi connectivity index (χ4n) is 1.96. The molecule has 0 spiro atoms. The van der Waals surface area contributed by atoms with Crippen molar-refractivity contribution in [3.05, 3.63) is 34.9 Å². The van der Waals surface area contributed by atoms with Crippen LogP contribution in [0.4, 0.5) is 0 Å².